The summed E-state index contributed by atoms with van der Waals surface area (Å²) in [5.74, 6) is -3.07. The van der Waals surface area contributed by atoms with E-state index >= 15 is 0 Å². The Balaban J connectivity index is 0.00000320. The monoisotopic (exact) mass is 418 g/mol. The molecule has 151 valence electrons. The minimum absolute atomic E-state index is 0. The summed E-state index contributed by atoms with van der Waals surface area (Å²) in [6.45, 7) is 1.88. The third-order valence-electron chi connectivity index (χ3n) is 4.57. The van der Waals surface area contributed by atoms with Crippen molar-refractivity contribution in [1.29, 1.82) is 0 Å². The molecule has 0 spiro atoms. The second-order valence-corrected chi connectivity index (χ2v) is 6.79. The van der Waals surface area contributed by atoms with Crippen LogP contribution in [0.1, 0.15) is 17.5 Å². The Labute approximate surface area is 195 Å². The first-order valence-electron chi connectivity index (χ1n) is 9.08. The van der Waals surface area contributed by atoms with Crippen LogP contribution in [0, 0.1) is 6.92 Å². The van der Waals surface area contributed by atoms with Gasteiger partial charge in [0.1, 0.15) is 17.9 Å². The molecule has 2 aromatic rings. The minimum atomic E-state index is -1.23. The molecule has 0 atom stereocenters. The molecule has 3 rings (SSSR count). The number of hydrogen-bond donors (Lipinski definition) is 3. The van der Waals surface area contributed by atoms with Crippen LogP contribution in [-0.4, -0.2) is 80.5 Å². The Hall–Kier alpha value is -2.68. The molecular weight excluding hydrogens is 397 g/mol. The Kier molecular flexibility index (Phi) is 8.16. The van der Waals surface area contributed by atoms with Crippen LogP contribution in [0.15, 0.2) is 53.9 Å². The summed E-state index contributed by atoms with van der Waals surface area (Å²) in [5, 5.41) is 20.7. The van der Waals surface area contributed by atoms with E-state index in [1.807, 2.05) is 43.3 Å². The molecule has 3 N–H and O–H groups in total. The normalized spacial score (nSPS) is 13.6. The summed E-state index contributed by atoms with van der Waals surface area (Å²) in [4.78, 5) is 41.2. The number of nitrogens with zero attached hydrogens (tertiary/aromatic N) is 2. The maximum atomic E-state index is 12.6. The number of nitrogens with one attached hydrogen (secondary N) is 1. The number of rotatable bonds is 6. The Bertz CT molecular complexity index is 971. The number of pyridine rings is 1. The van der Waals surface area contributed by atoms with Gasteiger partial charge in [-0.3, -0.25) is 19.4 Å². The van der Waals surface area contributed by atoms with Crippen molar-refractivity contribution in [2.75, 3.05) is 13.1 Å². The van der Waals surface area contributed by atoms with Crippen LogP contribution in [0.3, 0.4) is 0 Å². The van der Waals surface area contributed by atoms with E-state index in [2.05, 4.69) is 10.3 Å². The average Bonchev–Trinajstić information content (AvgIpc) is 2.70. The first kappa shape index (κ1) is 23.6. The van der Waals surface area contributed by atoms with Crippen molar-refractivity contribution in [2.24, 2.45) is 0 Å². The van der Waals surface area contributed by atoms with E-state index < -0.39 is 29.9 Å². The molecule has 0 aliphatic carbocycles. The molecule has 1 aromatic carbocycles. The number of aromatic nitrogens is 1. The molecule has 0 saturated carbocycles. The number of carboxylic acids is 1. The summed E-state index contributed by atoms with van der Waals surface area (Å²) in [6.07, 6.45) is 1.93. The van der Waals surface area contributed by atoms with Gasteiger partial charge >= 0.3 is 5.97 Å². The Morgan fingerprint density at radius 3 is 2.47 bits per heavy atom. The van der Waals surface area contributed by atoms with Gasteiger partial charge in [-0.25, -0.2) is 0 Å². The van der Waals surface area contributed by atoms with E-state index in [4.69, 9.17) is 5.11 Å². The third kappa shape index (κ3) is 5.69. The minimum Gasteiger partial charge on any atom is -0.511 e. The summed E-state index contributed by atoms with van der Waals surface area (Å²) in [6, 6.07) is 11.5. The molecule has 8 nitrogen and oxygen atoms in total. The second kappa shape index (κ2) is 10.4. The van der Waals surface area contributed by atoms with Crippen molar-refractivity contribution in [3.8, 4) is 11.3 Å². The van der Waals surface area contributed by atoms with Gasteiger partial charge in [-0.2, -0.15) is 0 Å². The van der Waals surface area contributed by atoms with Crippen molar-refractivity contribution >= 4 is 47.3 Å². The van der Waals surface area contributed by atoms with E-state index in [1.54, 1.807) is 6.20 Å². The van der Waals surface area contributed by atoms with Gasteiger partial charge in [0.25, 0.3) is 11.8 Å². The van der Waals surface area contributed by atoms with Crippen molar-refractivity contribution in [1.82, 2.24) is 15.2 Å². The molecule has 30 heavy (non-hydrogen) atoms. The fraction of sp³-hybridized carbons (Fsp3) is 0.238. The van der Waals surface area contributed by atoms with Gasteiger partial charge in [0.05, 0.1) is 5.69 Å². The standard InChI is InChI=1S/C21H21N3O5.Na/c1-13-2-7-16(22-10-13)15-5-3-14(4-6-15)12-24-9-8-17(25)19(21(24)29)20(28)23-11-18(26)27;/h2-7,10,25H,8-9,11-12H2,1H3,(H,23,28)(H,26,27);. The molecule has 1 aromatic heterocycles. The van der Waals surface area contributed by atoms with Crippen molar-refractivity contribution in [3.05, 3.63) is 65.1 Å². The van der Waals surface area contributed by atoms with Gasteiger partial charge in [0, 0.05) is 60.8 Å². The van der Waals surface area contributed by atoms with Gasteiger partial charge in [-0.15, -0.1) is 0 Å². The van der Waals surface area contributed by atoms with Crippen LogP contribution in [0.4, 0.5) is 0 Å². The number of carboxylic acid groups (broad SMARTS) is 1. The van der Waals surface area contributed by atoms with E-state index in [1.165, 1.54) is 4.90 Å². The first-order valence-corrected chi connectivity index (χ1v) is 9.08. The quantitative estimate of drug-likeness (QED) is 0.482. The molecule has 1 radical (unpaired) electrons. The molecule has 0 bridgehead atoms. The van der Waals surface area contributed by atoms with Gasteiger partial charge in [-0.1, -0.05) is 30.3 Å². The van der Waals surface area contributed by atoms with Crippen molar-refractivity contribution in [3.63, 3.8) is 0 Å². The number of carbonyl (C=O) groups is 3. The number of amides is 2. The first-order chi connectivity index (χ1) is 13.8. The second-order valence-electron chi connectivity index (χ2n) is 6.79. The van der Waals surface area contributed by atoms with Crippen molar-refractivity contribution < 1.29 is 24.6 Å². The largest absolute Gasteiger partial charge is 0.511 e. The molecule has 1 aliphatic rings. The zero-order valence-electron chi connectivity index (χ0n) is 16.9. The van der Waals surface area contributed by atoms with Crippen LogP contribution < -0.4 is 5.32 Å². The topological polar surface area (TPSA) is 120 Å². The number of aliphatic carboxylic acids is 1. The molecule has 9 heteroatoms. The summed E-state index contributed by atoms with van der Waals surface area (Å²) in [7, 11) is 0. The number of hydrogen-bond acceptors (Lipinski definition) is 5. The molecule has 1 aliphatic heterocycles. The van der Waals surface area contributed by atoms with E-state index in [-0.39, 0.29) is 54.8 Å². The number of aliphatic hydroxyl groups excluding tert-OH is 1. The van der Waals surface area contributed by atoms with Crippen LogP contribution >= 0.6 is 0 Å². The Morgan fingerprint density at radius 2 is 1.87 bits per heavy atom. The van der Waals surface area contributed by atoms with E-state index in [9.17, 15) is 19.5 Å². The number of carbonyl (C=O) groups excluding carboxylic acids is 2. The molecule has 0 fully saturated rings. The Morgan fingerprint density at radius 1 is 1.17 bits per heavy atom. The molecular formula is C21H21N3NaO5. The maximum Gasteiger partial charge on any atom is 0.322 e. The third-order valence-corrected chi connectivity index (χ3v) is 4.57. The van der Waals surface area contributed by atoms with Gasteiger partial charge in [-0.05, 0) is 24.1 Å². The summed E-state index contributed by atoms with van der Waals surface area (Å²) in [5.41, 5.74) is 3.33. The molecule has 2 amide bonds. The zero-order chi connectivity index (χ0) is 21.0. The van der Waals surface area contributed by atoms with Gasteiger partial charge < -0.3 is 20.4 Å². The number of aryl methyl sites for hydroxylation is 1. The fourth-order valence-electron chi connectivity index (χ4n) is 3.01. The van der Waals surface area contributed by atoms with Crippen LogP contribution in [0.2, 0.25) is 0 Å². The molecule has 0 saturated heterocycles. The number of aliphatic hydroxyl groups is 1. The predicted octanol–water partition coefficient (Wildman–Crippen LogP) is 1.42. The van der Waals surface area contributed by atoms with Crippen LogP contribution in [-0.2, 0) is 20.9 Å². The predicted molar refractivity (Wildman–Crippen MR) is 110 cm³/mol. The fourth-order valence-corrected chi connectivity index (χ4v) is 3.01. The zero-order valence-corrected chi connectivity index (χ0v) is 18.9. The molecule has 2 heterocycles. The van der Waals surface area contributed by atoms with Crippen LogP contribution in [0.5, 0.6) is 0 Å². The SMILES string of the molecule is Cc1ccc(-c2ccc(CN3CCC(O)=C(C(=O)NCC(=O)O)C3=O)cc2)nc1.[Na]. The van der Waals surface area contributed by atoms with Gasteiger partial charge in [0.2, 0.25) is 0 Å². The maximum absolute atomic E-state index is 12.6. The van der Waals surface area contributed by atoms with E-state index in [0.29, 0.717) is 0 Å². The molecule has 0 unspecified atom stereocenters. The average molecular weight is 418 g/mol. The smallest absolute Gasteiger partial charge is 0.322 e. The van der Waals surface area contributed by atoms with Crippen LogP contribution in [0.25, 0.3) is 11.3 Å². The van der Waals surface area contributed by atoms with Gasteiger partial charge in [0.15, 0.2) is 0 Å². The summed E-state index contributed by atoms with van der Waals surface area (Å²) >= 11 is 0. The number of benzene rings is 1. The summed E-state index contributed by atoms with van der Waals surface area (Å²) < 4.78 is 0. The van der Waals surface area contributed by atoms with E-state index in [0.717, 1.165) is 22.4 Å². The van der Waals surface area contributed by atoms with Crippen molar-refractivity contribution in [2.45, 2.75) is 19.9 Å².